The zero-order chi connectivity index (χ0) is 12.6. The third-order valence-corrected chi connectivity index (χ3v) is 3.56. The number of carboxylic acid groups (broad SMARTS) is 1. The zero-order valence-electron chi connectivity index (χ0n) is 9.96. The molecule has 1 saturated carbocycles. The highest BCUT2D eigenvalue weighted by molar-refractivity contribution is 5.89. The van der Waals surface area contributed by atoms with Gasteiger partial charge in [0.05, 0.1) is 11.8 Å². The Morgan fingerprint density at radius 1 is 1.12 bits per heavy atom. The van der Waals surface area contributed by atoms with Gasteiger partial charge in [-0.15, -0.1) is 0 Å². The molecule has 1 aliphatic carbocycles. The topological polar surface area (TPSA) is 76.1 Å². The van der Waals surface area contributed by atoms with Crippen LogP contribution in [0.25, 0.3) is 0 Å². The summed E-state index contributed by atoms with van der Waals surface area (Å²) in [4.78, 5) is 24.4. The first-order valence-electron chi connectivity index (χ1n) is 5.65. The maximum absolute atomic E-state index is 12.0. The molecule has 17 heavy (non-hydrogen) atoms. The van der Waals surface area contributed by atoms with Crippen LogP contribution < -0.4 is 0 Å². The van der Waals surface area contributed by atoms with Crippen molar-refractivity contribution in [3.05, 3.63) is 0 Å². The Kier molecular flexibility index (Phi) is 3.35. The minimum absolute atomic E-state index is 0.0843. The number of methoxy groups -OCH3 is 2. The fourth-order valence-corrected chi connectivity index (χ4v) is 2.35. The molecule has 6 nitrogen and oxygen atoms in total. The van der Waals surface area contributed by atoms with Gasteiger partial charge in [-0.1, -0.05) is 0 Å². The standard InChI is InChI=1S/C11H17NO5/c1-16-8-4-12(5-9(8)17-2)10(13)6-3-7(6)11(14)15/h6-9H,3-5H2,1-2H3,(H,14,15). The number of aliphatic carboxylic acids is 1. The van der Waals surface area contributed by atoms with Crippen LogP contribution in [-0.2, 0) is 19.1 Å². The molecule has 96 valence electrons. The Balaban J connectivity index is 1.92. The van der Waals surface area contributed by atoms with Gasteiger partial charge in [0.15, 0.2) is 0 Å². The summed E-state index contributed by atoms with van der Waals surface area (Å²) < 4.78 is 10.5. The Morgan fingerprint density at radius 3 is 2.00 bits per heavy atom. The van der Waals surface area contributed by atoms with Gasteiger partial charge in [0, 0.05) is 27.3 Å². The average molecular weight is 243 g/mol. The van der Waals surface area contributed by atoms with E-state index in [4.69, 9.17) is 14.6 Å². The highest BCUT2D eigenvalue weighted by Gasteiger charge is 2.51. The molecule has 4 atom stereocenters. The molecule has 1 heterocycles. The predicted molar refractivity (Wildman–Crippen MR) is 57.4 cm³/mol. The molecule has 0 aromatic heterocycles. The second-order valence-electron chi connectivity index (χ2n) is 4.58. The fourth-order valence-electron chi connectivity index (χ4n) is 2.35. The molecule has 0 radical (unpaired) electrons. The lowest BCUT2D eigenvalue weighted by molar-refractivity contribution is -0.141. The van der Waals surface area contributed by atoms with Crippen molar-refractivity contribution in [3.8, 4) is 0 Å². The second kappa shape index (κ2) is 4.62. The molecule has 6 heteroatoms. The Labute approximate surface area is 99.5 Å². The molecule has 0 bridgehead atoms. The number of carbonyl (C=O) groups is 2. The normalized spacial score (nSPS) is 36.0. The van der Waals surface area contributed by atoms with Crippen LogP contribution in [0.15, 0.2) is 0 Å². The van der Waals surface area contributed by atoms with Crippen LogP contribution in [0, 0.1) is 11.8 Å². The van der Waals surface area contributed by atoms with Crippen LogP contribution in [0.3, 0.4) is 0 Å². The van der Waals surface area contributed by atoms with Crippen LogP contribution in [0.2, 0.25) is 0 Å². The Morgan fingerprint density at radius 2 is 1.65 bits per heavy atom. The number of hydrogen-bond donors (Lipinski definition) is 1. The number of hydrogen-bond acceptors (Lipinski definition) is 4. The molecule has 1 aliphatic heterocycles. The van der Waals surface area contributed by atoms with Gasteiger partial charge in [-0.2, -0.15) is 0 Å². The van der Waals surface area contributed by atoms with Gasteiger partial charge in [0.1, 0.15) is 12.2 Å². The summed E-state index contributed by atoms with van der Waals surface area (Å²) in [6.45, 7) is 0.966. The first-order chi connectivity index (χ1) is 8.08. The summed E-state index contributed by atoms with van der Waals surface area (Å²) in [6.07, 6.45) is 0.219. The van der Waals surface area contributed by atoms with E-state index < -0.39 is 11.9 Å². The summed E-state index contributed by atoms with van der Waals surface area (Å²) in [5.74, 6) is -1.81. The van der Waals surface area contributed by atoms with E-state index in [9.17, 15) is 9.59 Å². The predicted octanol–water partition coefficient (Wildman–Crippen LogP) is -0.421. The van der Waals surface area contributed by atoms with Gasteiger partial charge < -0.3 is 19.5 Å². The smallest absolute Gasteiger partial charge is 0.307 e. The quantitative estimate of drug-likeness (QED) is 0.725. The van der Waals surface area contributed by atoms with Gasteiger partial charge in [0.2, 0.25) is 5.91 Å². The van der Waals surface area contributed by atoms with Crippen molar-refractivity contribution in [2.45, 2.75) is 18.6 Å². The van der Waals surface area contributed by atoms with E-state index in [2.05, 4.69) is 0 Å². The first-order valence-corrected chi connectivity index (χ1v) is 5.65. The monoisotopic (exact) mass is 243 g/mol. The maximum Gasteiger partial charge on any atom is 0.307 e. The lowest BCUT2D eigenvalue weighted by Crippen LogP contribution is -2.32. The minimum atomic E-state index is -0.880. The van der Waals surface area contributed by atoms with Crippen molar-refractivity contribution in [1.29, 1.82) is 0 Å². The number of rotatable bonds is 4. The minimum Gasteiger partial charge on any atom is -0.481 e. The van der Waals surface area contributed by atoms with E-state index in [-0.39, 0.29) is 24.0 Å². The van der Waals surface area contributed by atoms with E-state index in [0.717, 1.165) is 0 Å². The number of ether oxygens (including phenoxy) is 2. The molecule has 1 amide bonds. The van der Waals surface area contributed by atoms with Crippen molar-refractivity contribution in [2.24, 2.45) is 11.8 Å². The zero-order valence-corrected chi connectivity index (χ0v) is 9.96. The number of amides is 1. The van der Waals surface area contributed by atoms with Gasteiger partial charge in [-0.05, 0) is 6.42 Å². The molecule has 2 rings (SSSR count). The molecule has 4 unspecified atom stereocenters. The van der Waals surface area contributed by atoms with Crippen LogP contribution in [-0.4, -0.2) is 61.4 Å². The lowest BCUT2D eigenvalue weighted by Gasteiger charge is -2.15. The molecule has 0 aromatic rings. The molecule has 0 aromatic carbocycles. The highest BCUT2D eigenvalue weighted by atomic mass is 16.5. The molecular weight excluding hydrogens is 226 g/mol. The molecular formula is C11H17NO5. The van der Waals surface area contributed by atoms with Gasteiger partial charge >= 0.3 is 5.97 Å². The van der Waals surface area contributed by atoms with E-state index in [0.29, 0.717) is 19.5 Å². The number of carboxylic acids is 1. The fraction of sp³-hybridized carbons (Fsp3) is 0.818. The molecule has 1 saturated heterocycles. The van der Waals surface area contributed by atoms with Crippen LogP contribution >= 0.6 is 0 Å². The summed E-state index contributed by atoms with van der Waals surface area (Å²) in [6, 6.07) is 0. The summed E-state index contributed by atoms with van der Waals surface area (Å²) in [7, 11) is 3.17. The summed E-state index contributed by atoms with van der Waals surface area (Å²) in [5.41, 5.74) is 0. The summed E-state index contributed by atoms with van der Waals surface area (Å²) in [5, 5.41) is 8.79. The van der Waals surface area contributed by atoms with E-state index in [1.54, 1.807) is 19.1 Å². The SMILES string of the molecule is COC1CN(C(=O)C2CC2C(=O)O)CC1OC. The molecule has 2 aliphatic rings. The van der Waals surface area contributed by atoms with E-state index in [1.165, 1.54) is 0 Å². The van der Waals surface area contributed by atoms with Gasteiger partial charge in [-0.25, -0.2) is 0 Å². The van der Waals surface area contributed by atoms with Crippen molar-refractivity contribution in [3.63, 3.8) is 0 Å². The van der Waals surface area contributed by atoms with Crippen molar-refractivity contribution >= 4 is 11.9 Å². The largest absolute Gasteiger partial charge is 0.481 e. The van der Waals surface area contributed by atoms with E-state index >= 15 is 0 Å². The van der Waals surface area contributed by atoms with E-state index in [1.807, 2.05) is 0 Å². The Bertz CT molecular complexity index is 320. The number of carbonyl (C=O) groups excluding carboxylic acids is 1. The summed E-state index contributed by atoms with van der Waals surface area (Å²) >= 11 is 0. The second-order valence-corrected chi connectivity index (χ2v) is 4.58. The third kappa shape index (κ3) is 2.28. The molecule has 1 N–H and O–H groups in total. The average Bonchev–Trinajstić information content (AvgIpc) is 3.01. The maximum atomic E-state index is 12.0. The van der Waals surface area contributed by atoms with Crippen LogP contribution in [0.4, 0.5) is 0 Å². The third-order valence-electron chi connectivity index (χ3n) is 3.56. The Hall–Kier alpha value is -1.14. The van der Waals surface area contributed by atoms with Crippen molar-refractivity contribution in [1.82, 2.24) is 4.90 Å². The van der Waals surface area contributed by atoms with Crippen LogP contribution in [0.5, 0.6) is 0 Å². The molecule has 2 fully saturated rings. The molecule has 0 spiro atoms. The van der Waals surface area contributed by atoms with Crippen molar-refractivity contribution in [2.75, 3.05) is 27.3 Å². The lowest BCUT2D eigenvalue weighted by atomic mass is 10.3. The first kappa shape index (κ1) is 12.3. The number of likely N-dealkylation sites (tertiary alicyclic amines) is 1. The van der Waals surface area contributed by atoms with Crippen molar-refractivity contribution < 1.29 is 24.2 Å². The number of nitrogens with zero attached hydrogens (tertiary/aromatic N) is 1. The highest BCUT2D eigenvalue weighted by Crippen LogP contribution is 2.40. The van der Waals surface area contributed by atoms with Gasteiger partial charge in [-0.3, -0.25) is 9.59 Å². The van der Waals surface area contributed by atoms with Crippen LogP contribution in [0.1, 0.15) is 6.42 Å². The van der Waals surface area contributed by atoms with Gasteiger partial charge in [0.25, 0.3) is 0 Å².